The molecule has 1 aromatic heterocycles. The number of nitrogens with zero attached hydrogens (tertiary/aromatic N) is 1. The van der Waals surface area contributed by atoms with Crippen molar-refractivity contribution in [3.05, 3.63) is 66.4 Å². The lowest BCUT2D eigenvalue weighted by atomic mass is 10.0. The molecule has 0 saturated heterocycles. The van der Waals surface area contributed by atoms with E-state index in [0.717, 1.165) is 22.2 Å². The Hall–Kier alpha value is -3.21. The van der Waals surface area contributed by atoms with Crippen molar-refractivity contribution in [3.63, 3.8) is 0 Å². The van der Waals surface area contributed by atoms with Crippen LogP contribution in [0.15, 0.2) is 60.8 Å². The van der Waals surface area contributed by atoms with Crippen LogP contribution in [0, 0.1) is 11.8 Å². The summed E-state index contributed by atoms with van der Waals surface area (Å²) in [4.78, 5) is 29.6. The maximum Gasteiger partial charge on any atom is 0.228 e. The molecule has 1 fully saturated rings. The lowest BCUT2D eigenvalue weighted by Crippen LogP contribution is -2.21. The Balaban J connectivity index is 1.42. The number of hydrogen-bond donors (Lipinski definition) is 2. The number of pyridine rings is 1. The summed E-state index contributed by atoms with van der Waals surface area (Å²) in [5, 5.41) is 6.91. The second kappa shape index (κ2) is 7.43. The minimum atomic E-state index is -0.301. The van der Waals surface area contributed by atoms with E-state index in [1.807, 2.05) is 54.6 Å². The third-order valence-corrected chi connectivity index (χ3v) is 5.20. The zero-order chi connectivity index (χ0) is 19.7. The molecule has 28 heavy (non-hydrogen) atoms. The largest absolute Gasteiger partial charge is 0.326 e. The molecule has 2 unspecified atom stereocenters. The van der Waals surface area contributed by atoms with Gasteiger partial charge in [-0.3, -0.25) is 14.6 Å². The molecule has 1 heterocycles. The molecule has 2 atom stereocenters. The number of carbonyl (C=O) groups is 2. The van der Waals surface area contributed by atoms with Gasteiger partial charge < -0.3 is 10.6 Å². The molecule has 142 valence electrons. The maximum absolute atomic E-state index is 12.6. The van der Waals surface area contributed by atoms with Crippen LogP contribution in [-0.2, 0) is 9.59 Å². The first-order valence-electron chi connectivity index (χ1n) is 9.59. The summed E-state index contributed by atoms with van der Waals surface area (Å²) >= 11 is 0. The van der Waals surface area contributed by atoms with E-state index in [2.05, 4.69) is 29.5 Å². The molecule has 0 aliphatic heterocycles. The monoisotopic (exact) mass is 373 g/mol. The zero-order valence-corrected chi connectivity index (χ0v) is 16.0. The molecule has 0 radical (unpaired) electrons. The molecule has 5 heteroatoms. The Morgan fingerprint density at radius 3 is 2.29 bits per heavy atom. The van der Waals surface area contributed by atoms with Crippen LogP contribution in [0.3, 0.4) is 0 Å². The number of anilines is 2. The van der Waals surface area contributed by atoms with Crippen LogP contribution in [0.5, 0.6) is 0 Å². The van der Waals surface area contributed by atoms with E-state index >= 15 is 0 Å². The number of rotatable bonds is 5. The number of carbonyl (C=O) groups excluding carboxylic acids is 2. The van der Waals surface area contributed by atoms with Gasteiger partial charge in [0.25, 0.3) is 0 Å². The van der Waals surface area contributed by atoms with Crippen LogP contribution < -0.4 is 10.6 Å². The first kappa shape index (κ1) is 18.2. The van der Waals surface area contributed by atoms with Gasteiger partial charge in [-0.05, 0) is 36.1 Å². The van der Waals surface area contributed by atoms with Crippen molar-refractivity contribution in [1.82, 2.24) is 4.98 Å². The number of aromatic nitrogens is 1. The molecule has 1 saturated carbocycles. The molecule has 2 N–H and O–H groups in total. The van der Waals surface area contributed by atoms with Gasteiger partial charge in [-0.1, -0.05) is 50.2 Å². The summed E-state index contributed by atoms with van der Waals surface area (Å²) in [6.07, 6.45) is 2.28. The van der Waals surface area contributed by atoms with Gasteiger partial charge in [0.1, 0.15) is 0 Å². The van der Waals surface area contributed by atoms with Gasteiger partial charge in [-0.15, -0.1) is 0 Å². The van der Waals surface area contributed by atoms with E-state index in [9.17, 15) is 9.59 Å². The predicted octanol–water partition coefficient (Wildman–Crippen LogP) is 4.57. The fourth-order valence-electron chi connectivity index (χ4n) is 3.54. The lowest BCUT2D eigenvalue weighted by molar-refractivity contribution is -0.122. The Kier molecular flexibility index (Phi) is 4.82. The van der Waals surface area contributed by atoms with E-state index in [4.69, 9.17) is 0 Å². The highest BCUT2D eigenvalue weighted by Crippen LogP contribution is 2.41. The van der Waals surface area contributed by atoms with Gasteiger partial charge in [-0.25, -0.2) is 0 Å². The van der Waals surface area contributed by atoms with Crippen LogP contribution >= 0.6 is 0 Å². The molecular formula is C23H23N3O2. The van der Waals surface area contributed by atoms with Crippen molar-refractivity contribution in [3.8, 4) is 0 Å². The standard InChI is InChI=1S/C23H23N3O2/c1-14(2)16-9-3-4-10-19(16)25-22(27)17-13-18(17)23(28)26-20-11-5-7-15-8-6-12-24-21(15)20/h3-12,14,17-18H,13H2,1-2H3,(H,25,27)(H,26,28). The summed E-state index contributed by atoms with van der Waals surface area (Å²) in [6.45, 7) is 4.19. The van der Waals surface area contributed by atoms with Crippen molar-refractivity contribution in [2.45, 2.75) is 26.2 Å². The fourth-order valence-corrected chi connectivity index (χ4v) is 3.54. The van der Waals surface area contributed by atoms with Crippen LogP contribution in [0.2, 0.25) is 0 Å². The molecule has 1 aliphatic rings. The third kappa shape index (κ3) is 3.60. The highest BCUT2D eigenvalue weighted by molar-refractivity contribution is 6.06. The highest BCUT2D eigenvalue weighted by atomic mass is 16.2. The molecule has 3 aromatic rings. The Morgan fingerprint density at radius 1 is 0.893 bits per heavy atom. The van der Waals surface area contributed by atoms with Crippen LogP contribution in [0.1, 0.15) is 31.7 Å². The first-order chi connectivity index (χ1) is 13.5. The molecule has 5 nitrogen and oxygen atoms in total. The Bertz CT molecular complexity index is 1040. The van der Waals surface area contributed by atoms with Crippen molar-refractivity contribution >= 4 is 34.1 Å². The van der Waals surface area contributed by atoms with E-state index < -0.39 is 0 Å². The zero-order valence-electron chi connectivity index (χ0n) is 16.0. The highest BCUT2D eigenvalue weighted by Gasteiger charge is 2.48. The molecule has 4 rings (SSSR count). The minimum absolute atomic E-state index is 0.0932. The van der Waals surface area contributed by atoms with Crippen LogP contribution in [-0.4, -0.2) is 16.8 Å². The van der Waals surface area contributed by atoms with Gasteiger partial charge >= 0.3 is 0 Å². The number of benzene rings is 2. The first-order valence-corrected chi connectivity index (χ1v) is 9.59. The number of amides is 2. The number of nitrogens with one attached hydrogen (secondary N) is 2. The third-order valence-electron chi connectivity index (χ3n) is 5.20. The van der Waals surface area contributed by atoms with Crippen molar-refractivity contribution in [2.24, 2.45) is 11.8 Å². The molecule has 1 aliphatic carbocycles. The average molecular weight is 373 g/mol. The minimum Gasteiger partial charge on any atom is -0.326 e. The van der Waals surface area contributed by atoms with E-state index in [0.29, 0.717) is 18.0 Å². The molecule has 0 bridgehead atoms. The van der Waals surface area contributed by atoms with Gasteiger partial charge in [0.15, 0.2) is 0 Å². The number of hydrogen-bond acceptors (Lipinski definition) is 3. The summed E-state index contributed by atoms with van der Waals surface area (Å²) in [7, 11) is 0. The van der Waals surface area contributed by atoms with Crippen molar-refractivity contribution in [1.29, 1.82) is 0 Å². The van der Waals surface area contributed by atoms with Gasteiger partial charge in [-0.2, -0.15) is 0 Å². The van der Waals surface area contributed by atoms with Crippen molar-refractivity contribution < 1.29 is 9.59 Å². The van der Waals surface area contributed by atoms with Gasteiger partial charge in [0, 0.05) is 17.3 Å². The Morgan fingerprint density at radius 2 is 1.54 bits per heavy atom. The quantitative estimate of drug-likeness (QED) is 0.688. The predicted molar refractivity (Wildman–Crippen MR) is 111 cm³/mol. The molecule has 2 amide bonds. The average Bonchev–Trinajstić information content (AvgIpc) is 3.50. The summed E-state index contributed by atoms with van der Waals surface area (Å²) < 4.78 is 0. The van der Waals surface area contributed by atoms with Crippen LogP contribution in [0.4, 0.5) is 11.4 Å². The second-order valence-corrected chi connectivity index (χ2v) is 7.55. The fraction of sp³-hybridized carbons (Fsp3) is 0.261. The summed E-state index contributed by atoms with van der Waals surface area (Å²) in [5.41, 5.74) is 3.36. The SMILES string of the molecule is CC(C)c1ccccc1NC(=O)C1CC1C(=O)Nc1cccc2cccnc12. The second-order valence-electron chi connectivity index (χ2n) is 7.55. The normalized spacial score (nSPS) is 18.1. The van der Waals surface area contributed by atoms with E-state index in [-0.39, 0.29) is 23.7 Å². The number of fused-ring (bicyclic) bond motifs is 1. The van der Waals surface area contributed by atoms with E-state index in [1.165, 1.54) is 0 Å². The lowest BCUT2D eigenvalue weighted by Gasteiger charge is -2.13. The van der Waals surface area contributed by atoms with Crippen molar-refractivity contribution in [2.75, 3.05) is 10.6 Å². The van der Waals surface area contributed by atoms with Gasteiger partial charge in [0.2, 0.25) is 11.8 Å². The smallest absolute Gasteiger partial charge is 0.228 e. The summed E-state index contributed by atoms with van der Waals surface area (Å²) in [6, 6.07) is 17.3. The van der Waals surface area contributed by atoms with Gasteiger partial charge in [0.05, 0.1) is 23.0 Å². The molecule has 2 aromatic carbocycles. The molecule has 0 spiro atoms. The van der Waals surface area contributed by atoms with E-state index in [1.54, 1.807) is 6.20 Å². The Labute approximate surface area is 164 Å². The summed E-state index contributed by atoms with van der Waals surface area (Å²) in [5.74, 6) is -0.498. The van der Waals surface area contributed by atoms with Crippen LogP contribution in [0.25, 0.3) is 10.9 Å². The maximum atomic E-state index is 12.6. The number of para-hydroxylation sites is 2. The molecular weight excluding hydrogens is 350 g/mol. The topological polar surface area (TPSA) is 71.1 Å².